The molecule has 1 aliphatic carbocycles. The van der Waals surface area contributed by atoms with E-state index in [4.69, 9.17) is 5.73 Å². The summed E-state index contributed by atoms with van der Waals surface area (Å²) in [4.78, 5) is 16.3. The van der Waals surface area contributed by atoms with Gasteiger partial charge in [-0.3, -0.25) is 4.79 Å². The van der Waals surface area contributed by atoms with Gasteiger partial charge in [-0.25, -0.2) is 4.98 Å². The molecule has 0 saturated heterocycles. The number of anilines is 1. The maximum absolute atomic E-state index is 12.3. The minimum absolute atomic E-state index is 0.122. The predicted molar refractivity (Wildman–Crippen MR) is 77.5 cm³/mol. The normalized spacial score (nSPS) is 17.5. The summed E-state index contributed by atoms with van der Waals surface area (Å²) in [6.45, 7) is 1.81. The van der Waals surface area contributed by atoms with E-state index in [9.17, 15) is 4.79 Å². The van der Waals surface area contributed by atoms with E-state index in [0.29, 0.717) is 5.92 Å². The van der Waals surface area contributed by atoms with Crippen LogP contribution in [0.3, 0.4) is 0 Å². The summed E-state index contributed by atoms with van der Waals surface area (Å²) < 4.78 is 1.89. The van der Waals surface area contributed by atoms with Crippen molar-refractivity contribution in [3.8, 4) is 5.69 Å². The molecule has 20 heavy (non-hydrogen) atoms. The fourth-order valence-corrected chi connectivity index (χ4v) is 2.29. The highest BCUT2D eigenvalue weighted by Gasteiger charge is 2.44. The van der Waals surface area contributed by atoms with Gasteiger partial charge in [-0.05, 0) is 43.9 Å². The van der Waals surface area contributed by atoms with Gasteiger partial charge in [0.15, 0.2) is 0 Å². The summed E-state index contributed by atoms with van der Waals surface area (Å²) in [5.74, 6) is 0.183. The molecule has 1 atom stereocenters. The van der Waals surface area contributed by atoms with Crippen molar-refractivity contribution in [2.45, 2.75) is 25.3 Å². The Hall–Kier alpha value is -2.14. The Kier molecular flexibility index (Phi) is 3.06. The molecule has 3 N–H and O–H groups in total. The van der Waals surface area contributed by atoms with Gasteiger partial charge in [-0.15, -0.1) is 0 Å². The van der Waals surface area contributed by atoms with Gasteiger partial charge in [0.05, 0.1) is 11.9 Å². The lowest BCUT2D eigenvalue weighted by Gasteiger charge is -2.23. The van der Waals surface area contributed by atoms with Crippen LogP contribution < -0.4 is 11.1 Å². The average Bonchev–Trinajstić information content (AvgIpc) is 3.15. The standard InChI is InChI=1S/C15H18N4O/c1-15(16,11-5-6-11)14(20)18-12-3-2-4-13(9-12)19-8-7-17-10-19/h2-4,7-11H,5-6,16H2,1H3,(H,18,20). The predicted octanol–water partition coefficient (Wildman–Crippen LogP) is 1.94. The third-order valence-corrected chi connectivity index (χ3v) is 3.82. The van der Waals surface area contributed by atoms with Crippen molar-refractivity contribution >= 4 is 11.6 Å². The number of benzene rings is 1. The number of carbonyl (C=O) groups excluding carboxylic acids is 1. The molecule has 0 aliphatic heterocycles. The smallest absolute Gasteiger partial charge is 0.244 e. The first-order valence-electron chi connectivity index (χ1n) is 6.76. The van der Waals surface area contributed by atoms with Crippen molar-refractivity contribution in [2.24, 2.45) is 11.7 Å². The van der Waals surface area contributed by atoms with Crippen LogP contribution >= 0.6 is 0 Å². The van der Waals surface area contributed by atoms with E-state index in [0.717, 1.165) is 24.2 Å². The van der Waals surface area contributed by atoms with Gasteiger partial charge in [-0.1, -0.05) is 6.07 Å². The molecule has 1 fully saturated rings. The highest BCUT2D eigenvalue weighted by molar-refractivity contribution is 5.98. The van der Waals surface area contributed by atoms with Crippen LogP contribution in [0.4, 0.5) is 5.69 Å². The van der Waals surface area contributed by atoms with E-state index in [1.807, 2.05) is 35.0 Å². The SMILES string of the molecule is CC(N)(C(=O)Nc1cccc(-n2ccnc2)c1)C1CC1. The Morgan fingerprint density at radius 3 is 2.95 bits per heavy atom. The zero-order valence-corrected chi connectivity index (χ0v) is 11.4. The van der Waals surface area contributed by atoms with Crippen LogP contribution in [-0.2, 0) is 4.79 Å². The summed E-state index contributed by atoms with van der Waals surface area (Å²) in [7, 11) is 0. The van der Waals surface area contributed by atoms with Crippen LogP contribution in [-0.4, -0.2) is 21.0 Å². The molecule has 1 aromatic carbocycles. The Balaban J connectivity index is 1.78. The molecule has 0 bridgehead atoms. The average molecular weight is 270 g/mol. The second-order valence-corrected chi connectivity index (χ2v) is 5.53. The third kappa shape index (κ3) is 2.44. The van der Waals surface area contributed by atoms with Gasteiger partial charge < -0.3 is 15.6 Å². The lowest BCUT2D eigenvalue weighted by Crippen LogP contribution is -2.50. The number of amides is 1. The van der Waals surface area contributed by atoms with E-state index in [1.54, 1.807) is 19.4 Å². The third-order valence-electron chi connectivity index (χ3n) is 3.82. The molecule has 1 saturated carbocycles. The number of hydrogen-bond acceptors (Lipinski definition) is 3. The van der Waals surface area contributed by atoms with Crippen molar-refractivity contribution in [1.82, 2.24) is 9.55 Å². The summed E-state index contributed by atoms with van der Waals surface area (Å²) >= 11 is 0. The Bertz CT molecular complexity index is 615. The van der Waals surface area contributed by atoms with Crippen LogP contribution in [0.15, 0.2) is 43.0 Å². The van der Waals surface area contributed by atoms with Crippen molar-refractivity contribution in [3.05, 3.63) is 43.0 Å². The van der Waals surface area contributed by atoms with E-state index >= 15 is 0 Å². The number of nitrogens with zero attached hydrogens (tertiary/aromatic N) is 2. The number of hydrogen-bond donors (Lipinski definition) is 2. The molecule has 104 valence electrons. The first kappa shape index (κ1) is 12.9. The van der Waals surface area contributed by atoms with Crippen LogP contribution in [0, 0.1) is 5.92 Å². The zero-order chi connectivity index (χ0) is 14.2. The van der Waals surface area contributed by atoms with Gasteiger partial charge in [0.1, 0.15) is 0 Å². The summed E-state index contributed by atoms with van der Waals surface area (Å²) in [6, 6.07) is 7.62. The minimum Gasteiger partial charge on any atom is -0.324 e. The number of nitrogens with two attached hydrogens (primary N) is 1. The maximum atomic E-state index is 12.3. The van der Waals surface area contributed by atoms with Gasteiger partial charge in [0, 0.05) is 23.8 Å². The first-order chi connectivity index (χ1) is 9.57. The number of imidazole rings is 1. The maximum Gasteiger partial charge on any atom is 0.244 e. The van der Waals surface area contributed by atoms with Crippen molar-refractivity contribution < 1.29 is 4.79 Å². The highest BCUT2D eigenvalue weighted by atomic mass is 16.2. The number of rotatable bonds is 4. The van der Waals surface area contributed by atoms with Gasteiger partial charge in [-0.2, -0.15) is 0 Å². The van der Waals surface area contributed by atoms with E-state index in [1.165, 1.54) is 0 Å². The largest absolute Gasteiger partial charge is 0.324 e. The summed E-state index contributed by atoms with van der Waals surface area (Å²) in [5, 5.41) is 2.91. The Morgan fingerprint density at radius 1 is 1.50 bits per heavy atom. The topological polar surface area (TPSA) is 72.9 Å². The highest BCUT2D eigenvalue weighted by Crippen LogP contribution is 2.38. The second-order valence-electron chi connectivity index (χ2n) is 5.53. The molecular weight excluding hydrogens is 252 g/mol. The molecule has 2 aromatic rings. The van der Waals surface area contributed by atoms with E-state index in [2.05, 4.69) is 10.3 Å². The van der Waals surface area contributed by atoms with Crippen molar-refractivity contribution in [2.75, 3.05) is 5.32 Å². The van der Waals surface area contributed by atoms with Crippen LogP contribution in [0.25, 0.3) is 5.69 Å². The van der Waals surface area contributed by atoms with E-state index in [-0.39, 0.29) is 5.91 Å². The molecule has 0 radical (unpaired) electrons. The van der Waals surface area contributed by atoms with Crippen LogP contribution in [0.1, 0.15) is 19.8 Å². The second kappa shape index (κ2) is 4.76. The molecule has 1 unspecified atom stereocenters. The Labute approximate surface area is 117 Å². The molecule has 0 spiro atoms. The monoisotopic (exact) mass is 270 g/mol. The van der Waals surface area contributed by atoms with Crippen molar-refractivity contribution in [3.63, 3.8) is 0 Å². The molecule has 1 aliphatic rings. The molecule has 1 amide bonds. The van der Waals surface area contributed by atoms with Crippen LogP contribution in [0.5, 0.6) is 0 Å². The molecule has 5 heteroatoms. The molecule has 5 nitrogen and oxygen atoms in total. The van der Waals surface area contributed by atoms with Crippen molar-refractivity contribution in [1.29, 1.82) is 0 Å². The number of carbonyl (C=O) groups is 1. The lowest BCUT2D eigenvalue weighted by molar-refractivity contribution is -0.121. The van der Waals surface area contributed by atoms with Gasteiger partial charge >= 0.3 is 0 Å². The van der Waals surface area contributed by atoms with Gasteiger partial charge in [0.25, 0.3) is 0 Å². The quantitative estimate of drug-likeness (QED) is 0.891. The molecule has 1 aromatic heterocycles. The first-order valence-corrected chi connectivity index (χ1v) is 6.76. The number of aromatic nitrogens is 2. The number of nitrogens with one attached hydrogen (secondary N) is 1. The van der Waals surface area contributed by atoms with E-state index < -0.39 is 5.54 Å². The molecular formula is C15H18N4O. The Morgan fingerprint density at radius 2 is 2.30 bits per heavy atom. The lowest BCUT2D eigenvalue weighted by atomic mass is 9.96. The molecule has 3 rings (SSSR count). The fourth-order valence-electron chi connectivity index (χ4n) is 2.29. The van der Waals surface area contributed by atoms with Crippen LogP contribution in [0.2, 0.25) is 0 Å². The summed E-state index contributed by atoms with van der Waals surface area (Å²) in [5.41, 5.74) is 7.03. The molecule has 1 heterocycles. The minimum atomic E-state index is -0.787. The van der Waals surface area contributed by atoms with Gasteiger partial charge in [0.2, 0.25) is 5.91 Å². The summed E-state index contributed by atoms with van der Waals surface area (Å²) in [6.07, 6.45) is 7.37. The zero-order valence-electron chi connectivity index (χ0n) is 11.4. The fraction of sp³-hybridized carbons (Fsp3) is 0.333.